The zero-order valence-corrected chi connectivity index (χ0v) is 9.21. The maximum absolute atomic E-state index is 9.68. The van der Waals surface area contributed by atoms with Crippen molar-refractivity contribution in [3.8, 4) is 0 Å². The van der Waals surface area contributed by atoms with Crippen molar-refractivity contribution in [2.24, 2.45) is 5.92 Å². The maximum atomic E-state index is 9.68. The van der Waals surface area contributed by atoms with Gasteiger partial charge in [-0.15, -0.1) is 0 Å². The van der Waals surface area contributed by atoms with E-state index in [4.69, 9.17) is 0 Å². The maximum Gasteiger partial charge on any atom is 0.0718 e. The molecule has 0 spiro atoms. The number of hydrogen-bond donors (Lipinski definition) is 1. The molecule has 13 heavy (non-hydrogen) atoms. The fraction of sp³-hybridized carbons (Fsp3) is 1.00. The minimum absolute atomic E-state index is 0.542. The van der Waals surface area contributed by atoms with E-state index in [1.165, 1.54) is 25.8 Å². The summed E-state index contributed by atoms with van der Waals surface area (Å²) in [5.41, 5.74) is -0.542. The third-order valence-electron chi connectivity index (χ3n) is 2.80. The Balaban J connectivity index is 2.25. The second kappa shape index (κ2) is 4.43. The summed E-state index contributed by atoms with van der Waals surface area (Å²) in [6, 6.07) is 0. The van der Waals surface area contributed by atoms with Gasteiger partial charge < -0.3 is 10.0 Å². The van der Waals surface area contributed by atoms with Gasteiger partial charge in [-0.1, -0.05) is 13.3 Å². The van der Waals surface area contributed by atoms with E-state index in [9.17, 15) is 5.11 Å². The van der Waals surface area contributed by atoms with Crippen LogP contribution in [-0.2, 0) is 0 Å². The van der Waals surface area contributed by atoms with Crippen LogP contribution in [0.25, 0.3) is 0 Å². The zero-order valence-electron chi connectivity index (χ0n) is 9.21. The molecule has 0 aromatic rings. The van der Waals surface area contributed by atoms with Crippen LogP contribution in [0, 0.1) is 5.92 Å². The van der Waals surface area contributed by atoms with Gasteiger partial charge in [0.15, 0.2) is 0 Å². The molecule has 0 atom stereocenters. The van der Waals surface area contributed by atoms with Crippen LogP contribution in [0.4, 0.5) is 0 Å². The van der Waals surface area contributed by atoms with E-state index in [-0.39, 0.29) is 0 Å². The largest absolute Gasteiger partial charge is 0.389 e. The molecule has 1 saturated carbocycles. The van der Waals surface area contributed by atoms with Crippen LogP contribution in [0.3, 0.4) is 0 Å². The molecule has 0 saturated heterocycles. The van der Waals surface area contributed by atoms with Crippen LogP contribution in [0.2, 0.25) is 0 Å². The first-order chi connectivity index (χ1) is 6.01. The molecule has 2 heteroatoms. The summed E-state index contributed by atoms with van der Waals surface area (Å²) in [4.78, 5) is 2.36. The Morgan fingerprint density at radius 1 is 1.38 bits per heavy atom. The van der Waals surface area contributed by atoms with Crippen molar-refractivity contribution in [3.05, 3.63) is 0 Å². The van der Waals surface area contributed by atoms with Gasteiger partial charge in [-0.05, 0) is 39.2 Å². The van der Waals surface area contributed by atoms with Crippen LogP contribution in [-0.4, -0.2) is 35.2 Å². The monoisotopic (exact) mass is 185 g/mol. The van der Waals surface area contributed by atoms with Gasteiger partial charge in [0.2, 0.25) is 0 Å². The summed E-state index contributed by atoms with van der Waals surface area (Å²) < 4.78 is 0. The van der Waals surface area contributed by atoms with Crippen LogP contribution in [0.1, 0.15) is 40.0 Å². The lowest BCUT2D eigenvalue weighted by atomic mass is 9.85. The van der Waals surface area contributed by atoms with Crippen molar-refractivity contribution < 1.29 is 5.11 Å². The fourth-order valence-electron chi connectivity index (χ4n) is 1.89. The van der Waals surface area contributed by atoms with Gasteiger partial charge in [0.05, 0.1) is 5.60 Å². The summed E-state index contributed by atoms with van der Waals surface area (Å²) in [6.45, 7) is 8.98. The Bertz CT molecular complexity index is 147. The second-order valence-corrected chi connectivity index (χ2v) is 4.94. The Kier molecular flexibility index (Phi) is 3.74. The third-order valence-corrected chi connectivity index (χ3v) is 2.80. The van der Waals surface area contributed by atoms with Crippen LogP contribution >= 0.6 is 0 Å². The molecule has 1 aliphatic rings. The predicted molar refractivity (Wildman–Crippen MR) is 55.8 cm³/mol. The molecule has 1 fully saturated rings. The molecule has 0 amide bonds. The Hall–Kier alpha value is -0.0800. The standard InChI is InChI=1S/C11H23NO/c1-4-12(9-11(2,3)13)8-10-6-5-7-10/h10,13H,4-9H2,1-3H3. The van der Waals surface area contributed by atoms with Gasteiger partial charge in [-0.3, -0.25) is 0 Å². The van der Waals surface area contributed by atoms with Gasteiger partial charge >= 0.3 is 0 Å². The van der Waals surface area contributed by atoms with E-state index >= 15 is 0 Å². The predicted octanol–water partition coefficient (Wildman–Crippen LogP) is 1.88. The lowest BCUT2D eigenvalue weighted by Gasteiger charge is -2.34. The van der Waals surface area contributed by atoms with Gasteiger partial charge in [0, 0.05) is 13.1 Å². The molecule has 1 rings (SSSR count). The second-order valence-electron chi connectivity index (χ2n) is 4.94. The number of rotatable bonds is 5. The van der Waals surface area contributed by atoms with Crippen LogP contribution < -0.4 is 0 Å². The molecule has 0 aromatic heterocycles. The summed E-state index contributed by atoms with van der Waals surface area (Å²) in [5, 5.41) is 9.68. The van der Waals surface area contributed by atoms with E-state index in [1.807, 2.05) is 13.8 Å². The van der Waals surface area contributed by atoms with E-state index < -0.39 is 5.60 Å². The van der Waals surface area contributed by atoms with E-state index in [1.54, 1.807) is 0 Å². The molecule has 0 heterocycles. The van der Waals surface area contributed by atoms with Crippen molar-refractivity contribution in [2.45, 2.75) is 45.6 Å². The number of aliphatic hydroxyl groups is 1. The first-order valence-electron chi connectivity index (χ1n) is 5.46. The van der Waals surface area contributed by atoms with Gasteiger partial charge in [0.25, 0.3) is 0 Å². The SMILES string of the molecule is CCN(CC1CCC1)CC(C)(C)O. The first-order valence-corrected chi connectivity index (χ1v) is 5.46. The average molecular weight is 185 g/mol. The third kappa shape index (κ3) is 4.10. The minimum atomic E-state index is -0.542. The smallest absolute Gasteiger partial charge is 0.0718 e. The average Bonchev–Trinajstić information content (AvgIpc) is 1.91. The highest BCUT2D eigenvalue weighted by Gasteiger charge is 2.23. The molecule has 0 bridgehead atoms. The van der Waals surface area contributed by atoms with E-state index in [0.29, 0.717) is 0 Å². The normalized spacial score (nSPS) is 19.2. The van der Waals surface area contributed by atoms with Crippen LogP contribution in [0.5, 0.6) is 0 Å². The van der Waals surface area contributed by atoms with Gasteiger partial charge in [-0.25, -0.2) is 0 Å². The Morgan fingerprint density at radius 3 is 2.31 bits per heavy atom. The highest BCUT2D eigenvalue weighted by atomic mass is 16.3. The quantitative estimate of drug-likeness (QED) is 0.707. The molecule has 0 unspecified atom stereocenters. The Morgan fingerprint density at radius 2 is 2.00 bits per heavy atom. The molecule has 2 nitrogen and oxygen atoms in total. The van der Waals surface area contributed by atoms with Crippen molar-refractivity contribution in [1.29, 1.82) is 0 Å². The van der Waals surface area contributed by atoms with Crippen molar-refractivity contribution in [2.75, 3.05) is 19.6 Å². The molecule has 1 N–H and O–H groups in total. The molecule has 78 valence electrons. The van der Waals surface area contributed by atoms with Gasteiger partial charge in [-0.2, -0.15) is 0 Å². The summed E-state index contributed by atoms with van der Waals surface area (Å²) in [7, 11) is 0. The van der Waals surface area contributed by atoms with Crippen molar-refractivity contribution >= 4 is 0 Å². The van der Waals surface area contributed by atoms with E-state index in [0.717, 1.165) is 19.0 Å². The number of likely N-dealkylation sites (N-methyl/N-ethyl adjacent to an activating group) is 1. The summed E-state index contributed by atoms with van der Waals surface area (Å²) in [6.07, 6.45) is 4.19. The summed E-state index contributed by atoms with van der Waals surface area (Å²) in [5.74, 6) is 0.905. The lowest BCUT2D eigenvalue weighted by Crippen LogP contribution is -2.41. The molecule has 0 aliphatic heterocycles. The zero-order chi connectivity index (χ0) is 9.90. The molecule has 1 aliphatic carbocycles. The fourth-order valence-corrected chi connectivity index (χ4v) is 1.89. The first kappa shape index (κ1) is 11.0. The van der Waals surface area contributed by atoms with Crippen LogP contribution in [0.15, 0.2) is 0 Å². The minimum Gasteiger partial charge on any atom is -0.389 e. The number of hydrogen-bond acceptors (Lipinski definition) is 2. The highest BCUT2D eigenvalue weighted by molar-refractivity contribution is 4.77. The summed E-state index contributed by atoms with van der Waals surface area (Å²) >= 11 is 0. The van der Waals surface area contributed by atoms with Crippen molar-refractivity contribution in [3.63, 3.8) is 0 Å². The number of nitrogens with zero attached hydrogens (tertiary/aromatic N) is 1. The van der Waals surface area contributed by atoms with E-state index in [2.05, 4.69) is 11.8 Å². The Labute approximate surface area is 81.9 Å². The molecular weight excluding hydrogens is 162 g/mol. The lowest BCUT2D eigenvalue weighted by molar-refractivity contribution is 0.0280. The molecule has 0 radical (unpaired) electrons. The molecule has 0 aromatic carbocycles. The molecular formula is C11H23NO. The highest BCUT2D eigenvalue weighted by Crippen LogP contribution is 2.27. The topological polar surface area (TPSA) is 23.5 Å². The van der Waals surface area contributed by atoms with Gasteiger partial charge in [0.1, 0.15) is 0 Å². The van der Waals surface area contributed by atoms with Crippen molar-refractivity contribution in [1.82, 2.24) is 4.90 Å².